The van der Waals surface area contributed by atoms with Crippen LogP contribution >= 0.6 is 34.5 Å². The van der Waals surface area contributed by atoms with Crippen LogP contribution in [0.3, 0.4) is 0 Å². The molecule has 0 fully saturated rings. The van der Waals surface area contributed by atoms with Gasteiger partial charge in [-0.15, -0.1) is 11.3 Å². The van der Waals surface area contributed by atoms with Crippen LogP contribution in [0.25, 0.3) is 0 Å². The van der Waals surface area contributed by atoms with Crippen molar-refractivity contribution in [1.82, 2.24) is 4.31 Å². The molecule has 0 unspecified atom stereocenters. The number of hydrogen-bond acceptors (Lipinski definition) is 6. The SMILES string of the molecule is CN(CC(=O)Nc1cc2c(cc1Cl)OCCO2)S(=O)(=O)c1ccc(Cl)s1. The Morgan fingerprint density at radius 1 is 1.23 bits per heavy atom. The molecule has 1 amide bonds. The first-order chi connectivity index (χ1) is 12.3. The van der Waals surface area contributed by atoms with Gasteiger partial charge in [0.15, 0.2) is 11.5 Å². The average molecular weight is 437 g/mol. The highest BCUT2D eigenvalue weighted by molar-refractivity contribution is 7.91. The van der Waals surface area contributed by atoms with Gasteiger partial charge in [-0.05, 0) is 12.1 Å². The Labute approximate surface area is 164 Å². The summed E-state index contributed by atoms with van der Waals surface area (Å²) in [6, 6.07) is 5.97. The molecule has 1 aliphatic rings. The van der Waals surface area contributed by atoms with E-state index >= 15 is 0 Å². The van der Waals surface area contributed by atoms with Gasteiger partial charge in [-0.25, -0.2) is 8.42 Å². The van der Waals surface area contributed by atoms with Crippen LogP contribution in [0.2, 0.25) is 9.36 Å². The highest BCUT2D eigenvalue weighted by Crippen LogP contribution is 2.38. The van der Waals surface area contributed by atoms with Gasteiger partial charge in [-0.2, -0.15) is 4.31 Å². The standard InChI is InChI=1S/C15H14Cl2N2O5S2/c1-19(26(21,22)15-3-2-13(17)25-15)8-14(20)18-10-7-12-11(6-9(10)16)23-4-5-24-12/h2-3,6-7H,4-5,8H2,1H3,(H,18,20). The lowest BCUT2D eigenvalue weighted by Crippen LogP contribution is -2.34. The largest absolute Gasteiger partial charge is 0.486 e. The lowest BCUT2D eigenvalue weighted by Gasteiger charge is -2.20. The quantitative estimate of drug-likeness (QED) is 0.777. The second-order valence-electron chi connectivity index (χ2n) is 5.34. The smallest absolute Gasteiger partial charge is 0.252 e. The summed E-state index contributed by atoms with van der Waals surface area (Å²) in [5, 5.41) is 2.85. The monoisotopic (exact) mass is 436 g/mol. The molecule has 3 rings (SSSR count). The second-order valence-corrected chi connectivity index (χ2v) is 9.74. The first kappa shape index (κ1) is 19.2. The molecule has 2 aromatic rings. The van der Waals surface area contributed by atoms with Crippen molar-refractivity contribution in [3.8, 4) is 11.5 Å². The Balaban J connectivity index is 1.71. The van der Waals surface area contributed by atoms with E-state index in [1.807, 2.05) is 0 Å². The van der Waals surface area contributed by atoms with Crippen molar-refractivity contribution >= 4 is 56.2 Å². The van der Waals surface area contributed by atoms with E-state index < -0.39 is 15.9 Å². The van der Waals surface area contributed by atoms with Crippen LogP contribution in [-0.4, -0.2) is 45.4 Å². The van der Waals surface area contributed by atoms with Crippen molar-refractivity contribution < 1.29 is 22.7 Å². The number of carbonyl (C=O) groups excluding carboxylic acids is 1. The van der Waals surface area contributed by atoms with Crippen LogP contribution in [0, 0.1) is 0 Å². The summed E-state index contributed by atoms with van der Waals surface area (Å²) in [5.41, 5.74) is 0.311. The molecule has 0 bridgehead atoms. The first-order valence-electron chi connectivity index (χ1n) is 7.38. The lowest BCUT2D eigenvalue weighted by molar-refractivity contribution is -0.116. The normalized spacial score (nSPS) is 13.7. The molecule has 26 heavy (non-hydrogen) atoms. The number of anilines is 1. The summed E-state index contributed by atoms with van der Waals surface area (Å²) >= 11 is 12.8. The van der Waals surface area contributed by atoms with E-state index in [-0.39, 0.29) is 15.8 Å². The molecular weight excluding hydrogens is 423 g/mol. The van der Waals surface area contributed by atoms with E-state index in [2.05, 4.69) is 5.32 Å². The summed E-state index contributed by atoms with van der Waals surface area (Å²) in [7, 11) is -2.49. The number of sulfonamides is 1. The van der Waals surface area contributed by atoms with Gasteiger partial charge in [0.05, 0.1) is 21.6 Å². The zero-order chi connectivity index (χ0) is 18.9. The maximum Gasteiger partial charge on any atom is 0.252 e. The van der Waals surface area contributed by atoms with Gasteiger partial charge in [0.1, 0.15) is 17.4 Å². The molecule has 11 heteroatoms. The number of hydrogen-bond donors (Lipinski definition) is 1. The molecule has 0 spiro atoms. The zero-order valence-corrected chi connectivity index (χ0v) is 16.6. The number of benzene rings is 1. The van der Waals surface area contributed by atoms with Crippen LogP contribution in [-0.2, 0) is 14.8 Å². The van der Waals surface area contributed by atoms with E-state index in [1.54, 1.807) is 12.1 Å². The van der Waals surface area contributed by atoms with Gasteiger partial charge >= 0.3 is 0 Å². The van der Waals surface area contributed by atoms with Crippen LogP contribution in [0.1, 0.15) is 0 Å². The number of halogens is 2. The van der Waals surface area contributed by atoms with Crippen molar-refractivity contribution in [3.05, 3.63) is 33.6 Å². The average Bonchev–Trinajstić information content (AvgIpc) is 3.02. The Kier molecular flexibility index (Phi) is 5.64. The molecule has 1 aromatic carbocycles. The van der Waals surface area contributed by atoms with Crippen molar-refractivity contribution in [2.75, 3.05) is 32.1 Å². The van der Waals surface area contributed by atoms with Gasteiger partial charge < -0.3 is 14.8 Å². The maximum absolute atomic E-state index is 12.4. The number of nitrogens with zero attached hydrogens (tertiary/aromatic N) is 1. The van der Waals surface area contributed by atoms with Crippen LogP contribution in [0.15, 0.2) is 28.5 Å². The van der Waals surface area contributed by atoms with Crippen molar-refractivity contribution in [2.45, 2.75) is 4.21 Å². The molecule has 1 N–H and O–H groups in total. The van der Waals surface area contributed by atoms with Crippen molar-refractivity contribution in [2.24, 2.45) is 0 Å². The first-order valence-corrected chi connectivity index (χ1v) is 10.4. The van der Waals surface area contributed by atoms with E-state index in [0.29, 0.717) is 34.7 Å². The number of thiophene rings is 1. The topological polar surface area (TPSA) is 84.9 Å². The summed E-state index contributed by atoms with van der Waals surface area (Å²) in [4.78, 5) is 12.3. The molecule has 2 heterocycles. The molecule has 1 aromatic heterocycles. The van der Waals surface area contributed by atoms with E-state index in [9.17, 15) is 13.2 Å². The molecule has 0 aliphatic carbocycles. The molecule has 140 valence electrons. The molecule has 0 atom stereocenters. The molecule has 0 saturated carbocycles. The Hall–Kier alpha value is -1.52. The zero-order valence-electron chi connectivity index (χ0n) is 13.5. The van der Waals surface area contributed by atoms with Crippen molar-refractivity contribution in [3.63, 3.8) is 0 Å². The number of fused-ring (bicyclic) bond motifs is 1. The highest BCUT2D eigenvalue weighted by atomic mass is 35.5. The Morgan fingerprint density at radius 3 is 2.50 bits per heavy atom. The third-order valence-electron chi connectivity index (χ3n) is 3.49. The highest BCUT2D eigenvalue weighted by Gasteiger charge is 2.25. The minimum atomic E-state index is -3.80. The summed E-state index contributed by atoms with van der Waals surface area (Å²) in [5.74, 6) is 0.413. The fourth-order valence-corrected chi connectivity index (χ4v) is 5.25. The number of ether oxygens (including phenoxy) is 2. The van der Waals surface area contributed by atoms with Gasteiger partial charge in [0.2, 0.25) is 5.91 Å². The van der Waals surface area contributed by atoms with Crippen LogP contribution < -0.4 is 14.8 Å². The lowest BCUT2D eigenvalue weighted by atomic mass is 10.2. The Bertz CT molecular complexity index is 946. The summed E-state index contributed by atoms with van der Waals surface area (Å²) in [6.45, 7) is 0.430. The number of carbonyl (C=O) groups is 1. The number of rotatable bonds is 5. The predicted octanol–water partition coefficient (Wildman–Crippen LogP) is 3.09. The van der Waals surface area contributed by atoms with E-state index in [4.69, 9.17) is 32.7 Å². The minimum Gasteiger partial charge on any atom is -0.486 e. The maximum atomic E-state index is 12.4. The molecule has 1 aliphatic heterocycles. The number of amides is 1. The molecular formula is C15H14Cl2N2O5S2. The second kappa shape index (κ2) is 7.61. The van der Waals surface area contributed by atoms with E-state index in [0.717, 1.165) is 15.6 Å². The van der Waals surface area contributed by atoms with Crippen molar-refractivity contribution in [1.29, 1.82) is 0 Å². The fourth-order valence-electron chi connectivity index (χ4n) is 2.23. The number of likely N-dealkylation sites (N-methyl/N-ethyl adjacent to an activating group) is 1. The molecule has 0 saturated heterocycles. The van der Waals surface area contributed by atoms with E-state index in [1.165, 1.54) is 19.2 Å². The third-order valence-corrected chi connectivity index (χ3v) is 7.30. The number of nitrogens with one attached hydrogen (secondary N) is 1. The molecule has 0 radical (unpaired) electrons. The predicted molar refractivity (Wildman–Crippen MR) is 100 cm³/mol. The fraction of sp³-hybridized carbons (Fsp3) is 0.267. The van der Waals surface area contributed by atoms with Gasteiger partial charge in [-0.3, -0.25) is 4.79 Å². The van der Waals surface area contributed by atoms with Crippen LogP contribution in [0.4, 0.5) is 5.69 Å². The Morgan fingerprint density at radius 2 is 1.88 bits per heavy atom. The summed E-state index contributed by atoms with van der Waals surface area (Å²) < 4.78 is 37.1. The molecule has 7 nitrogen and oxygen atoms in total. The van der Waals surface area contributed by atoms with Gasteiger partial charge in [0, 0.05) is 19.2 Å². The summed E-state index contributed by atoms with van der Waals surface area (Å²) in [6.07, 6.45) is 0. The minimum absolute atomic E-state index is 0.0650. The third kappa shape index (κ3) is 4.07. The van der Waals surface area contributed by atoms with Gasteiger partial charge in [0.25, 0.3) is 10.0 Å². The van der Waals surface area contributed by atoms with Gasteiger partial charge in [-0.1, -0.05) is 23.2 Å². The van der Waals surface area contributed by atoms with Crippen LogP contribution in [0.5, 0.6) is 11.5 Å².